The summed E-state index contributed by atoms with van der Waals surface area (Å²) in [5.41, 5.74) is 0.882. The second kappa shape index (κ2) is 10.6. The van der Waals surface area contributed by atoms with Gasteiger partial charge in [0.05, 0.1) is 23.5 Å². The Labute approximate surface area is 217 Å². The Bertz CT molecular complexity index is 1370. The maximum atomic E-state index is 13.7. The first-order valence-electron chi connectivity index (χ1n) is 11.3. The van der Waals surface area contributed by atoms with Crippen molar-refractivity contribution in [3.63, 3.8) is 0 Å². The van der Waals surface area contributed by atoms with Crippen LogP contribution < -0.4 is 15.8 Å². The third kappa shape index (κ3) is 4.78. The number of thioether (sulfide) groups is 1. The molecule has 2 fully saturated rings. The van der Waals surface area contributed by atoms with E-state index >= 15 is 0 Å². The van der Waals surface area contributed by atoms with Gasteiger partial charge in [0, 0.05) is 25.8 Å². The van der Waals surface area contributed by atoms with Gasteiger partial charge in [-0.25, -0.2) is 4.98 Å². The van der Waals surface area contributed by atoms with Gasteiger partial charge >= 0.3 is 5.97 Å². The molecule has 0 aliphatic carbocycles. The Morgan fingerprint density at radius 1 is 1.39 bits per heavy atom. The number of esters is 1. The number of aryl methyl sites for hydroxylation is 1. The molecule has 2 amide bonds. The zero-order chi connectivity index (χ0) is 26.0. The number of thiocarbonyl (C=S) groups is 1. The molecule has 2 aliphatic heterocycles. The van der Waals surface area contributed by atoms with E-state index in [0.29, 0.717) is 23.1 Å². The largest absolute Gasteiger partial charge is 0.466 e. The van der Waals surface area contributed by atoms with Gasteiger partial charge in [-0.2, -0.15) is 0 Å². The lowest BCUT2D eigenvalue weighted by molar-refractivity contribution is -0.145. The van der Waals surface area contributed by atoms with Gasteiger partial charge in [0.15, 0.2) is 0 Å². The van der Waals surface area contributed by atoms with Crippen LogP contribution in [0.1, 0.15) is 24.5 Å². The van der Waals surface area contributed by atoms with Crippen molar-refractivity contribution in [3.8, 4) is 0 Å². The van der Waals surface area contributed by atoms with Gasteiger partial charge < -0.3 is 15.0 Å². The minimum Gasteiger partial charge on any atom is -0.466 e. The van der Waals surface area contributed by atoms with Crippen molar-refractivity contribution in [1.82, 2.24) is 19.6 Å². The van der Waals surface area contributed by atoms with Crippen molar-refractivity contribution in [2.45, 2.75) is 26.3 Å². The van der Waals surface area contributed by atoms with Crippen LogP contribution in [0.4, 0.5) is 5.82 Å². The number of fused-ring (bicyclic) bond motifs is 1. The second-order valence-corrected chi connectivity index (χ2v) is 9.81. The molecule has 12 heteroatoms. The maximum absolute atomic E-state index is 13.7. The molecule has 2 aliphatic rings. The van der Waals surface area contributed by atoms with Crippen molar-refractivity contribution >= 4 is 63.6 Å². The fourth-order valence-corrected chi connectivity index (χ4v) is 5.37. The Hall–Kier alpha value is -3.51. The molecule has 10 nitrogen and oxygen atoms in total. The number of carbonyl (C=O) groups is 3. The molecular weight excluding hydrogens is 502 g/mol. The fourth-order valence-electron chi connectivity index (χ4n) is 4.11. The first kappa shape index (κ1) is 25.6. The van der Waals surface area contributed by atoms with Crippen molar-refractivity contribution in [3.05, 3.63) is 57.4 Å². The summed E-state index contributed by atoms with van der Waals surface area (Å²) in [6.45, 7) is 8.20. The lowest BCUT2D eigenvalue weighted by Crippen LogP contribution is -2.57. The van der Waals surface area contributed by atoms with E-state index in [9.17, 15) is 19.2 Å². The van der Waals surface area contributed by atoms with E-state index in [-0.39, 0.29) is 47.7 Å². The van der Waals surface area contributed by atoms with Crippen LogP contribution >= 0.6 is 24.0 Å². The highest BCUT2D eigenvalue weighted by molar-refractivity contribution is 8.26. The molecule has 0 aromatic carbocycles. The van der Waals surface area contributed by atoms with E-state index in [1.165, 1.54) is 15.4 Å². The summed E-state index contributed by atoms with van der Waals surface area (Å²) in [6, 6.07) is 2.62. The fraction of sp³-hybridized carbons (Fsp3) is 0.333. The summed E-state index contributed by atoms with van der Waals surface area (Å²) in [6.07, 6.45) is 4.42. The second-order valence-electron chi connectivity index (χ2n) is 8.13. The van der Waals surface area contributed by atoms with Gasteiger partial charge in [-0.05, 0) is 31.6 Å². The number of carbonyl (C=O) groups excluding carboxylic acids is 3. The number of pyridine rings is 1. The normalized spacial score (nSPS) is 19.2. The summed E-state index contributed by atoms with van der Waals surface area (Å²) in [5.74, 6) is -1.04. The molecule has 36 heavy (non-hydrogen) atoms. The number of rotatable bonds is 7. The van der Waals surface area contributed by atoms with Crippen LogP contribution in [0.15, 0.2) is 40.7 Å². The molecular formula is C24H25N5O5S2. The molecule has 1 unspecified atom stereocenters. The molecule has 0 spiro atoms. The van der Waals surface area contributed by atoms with Gasteiger partial charge in [-0.1, -0.05) is 36.1 Å². The average Bonchev–Trinajstić information content (AvgIpc) is 3.10. The first-order chi connectivity index (χ1) is 17.3. The number of nitrogens with zero attached hydrogens (tertiary/aromatic N) is 4. The molecule has 2 aromatic heterocycles. The molecule has 1 N–H and O–H groups in total. The molecule has 188 valence electrons. The van der Waals surface area contributed by atoms with E-state index in [0.717, 1.165) is 17.3 Å². The highest BCUT2D eigenvalue weighted by atomic mass is 32.2. The predicted molar refractivity (Wildman–Crippen MR) is 142 cm³/mol. The van der Waals surface area contributed by atoms with Crippen LogP contribution in [0.3, 0.4) is 0 Å². The first-order valence-corrected chi connectivity index (χ1v) is 12.6. The minimum absolute atomic E-state index is 0.126. The molecule has 4 rings (SSSR count). The maximum Gasteiger partial charge on any atom is 0.308 e. The summed E-state index contributed by atoms with van der Waals surface area (Å²) < 4.78 is 6.83. The van der Waals surface area contributed by atoms with Gasteiger partial charge in [-0.3, -0.25) is 28.5 Å². The van der Waals surface area contributed by atoms with Crippen LogP contribution in [0.5, 0.6) is 0 Å². The van der Waals surface area contributed by atoms with Crippen molar-refractivity contribution in [1.29, 1.82) is 0 Å². The van der Waals surface area contributed by atoms with Crippen LogP contribution in [0.25, 0.3) is 11.7 Å². The van der Waals surface area contributed by atoms with Gasteiger partial charge in [0.25, 0.3) is 11.5 Å². The van der Waals surface area contributed by atoms with Crippen LogP contribution in [-0.4, -0.2) is 68.7 Å². The number of nitrogens with one attached hydrogen (secondary N) is 1. The van der Waals surface area contributed by atoms with Crippen LogP contribution in [-0.2, 0) is 19.1 Å². The van der Waals surface area contributed by atoms with Gasteiger partial charge in [-0.15, -0.1) is 6.58 Å². The number of piperazine rings is 1. The summed E-state index contributed by atoms with van der Waals surface area (Å²) in [5, 5.41) is 2.76. The summed E-state index contributed by atoms with van der Waals surface area (Å²) in [7, 11) is 0. The number of amides is 2. The Morgan fingerprint density at radius 3 is 2.89 bits per heavy atom. The molecule has 4 heterocycles. The van der Waals surface area contributed by atoms with Crippen LogP contribution in [0.2, 0.25) is 0 Å². The lowest BCUT2D eigenvalue weighted by atomic mass is 10.1. The third-order valence-corrected chi connectivity index (χ3v) is 7.17. The molecule has 0 bridgehead atoms. The van der Waals surface area contributed by atoms with E-state index in [4.69, 9.17) is 21.9 Å². The molecule has 0 saturated carbocycles. The summed E-state index contributed by atoms with van der Waals surface area (Å²) >= 11 is 6.41. The van der Waals surface area contributed by atoms with Crippen molar-refractivity contribution < 1.29 is 19.1 Å². The molecule has 0 radical (unpaired) electrons. The Kier molecular flexibility index (Phi) is 7.55. The monoisotopic (exact) mass is 527 g/mol. The highest BCUT2D eigenvalue weighted by Gasteiger charge is 2.36. The quantitative estimate of drug-likeness (QED) is 0.249. The smallest absolute Gasteiger partial charge is 0.308 e. The Balaban J connectivity index is 1.90. The number of anilines is 1. The standard InChI is InChI=1S/C24H25N5O5S2/c1-4-9-29-23(33)17(36-24(29)35)12-15-20(26-19-14(3)7-6-10-28(19)22(15)32)27-11-8-25-21(31)16(27)13-18(30)34-5-2/h4,6-7,10,12,16H,1,5,8-9,11,13H2,2-3H3,(H,25,31). The van der Waals surface area contributed by atoms with E-state index in [1.807, 2.05) is 13.0 Å². The third-order valence-electron chi connectivity index (χ3n) is 5.79. The number of aromatic nitrogens is 2. The highest BCUT2D eigenvalue weighted by Crippen LogP contribution is 2.34. The summed E-state index contributed by atoms with van der Waals surface area (Å²) in [4.78, 5) is 59.9. The minimum atomic E-state index is -0.932. The number of ether oxygens (including phenoxy) is 1. The predicted octanol–water partition coefficient (Wildman–Crippen LogP) is 1.65. The molecule has 2 aromatic rings. The zero-order valence-corrected chi connectivity index (χ0v) is 21.5. The number of hydrogen-bond acceptors (Lipinski definition) is 9. The Morgan fingerprint density at radius 2 is 2.17 bits per heavy atom. The van der Waals surface area contributed by atoms with E-state index in [1.54, 1.807) is 30.2 Å². The van der Waals surface area contributed by atoms with E-state index in [2.05, 4.69) is 11.9 Å². The molecule has 2 saturated heterocycles. The zero-order valence-electron chi connectivity index (χ0n) is 19.9. The van der Waals surface area contributed by atoms with Crippen LogP contribution in [0, 0.1) is 6.92 Å². The van der Waals surface area contributed by atoms with E-state index < -0.39 is 17.6 Å². The number of hydrogen-bond donors (Lipinski definition) is 1. The van der Waals surface area contributed by atoms with Gasteiger partial charge in [0.1, 0.15) is 21.8 Å². The van der Waals surface area contributed by atoms with Gasteiger partial charge in [0.2, 0.25) is 5.91 Å². The topological polar surface area (TPSA) is 113 Å². The lowest BCUT2D eigenvalue weighted by Gasteiger charge is -2.36. The average molecular weight is 528 g/mol. The molecule has 1 atom stereocenters. The van der Waals surface area contributed by atoms with Crippen molar-refractivity contribution in [2.75, 3.05) is 31.1 Å². The van der Waals surface area contributed by atoms with Crippen molar-refractivity contribution in [2.24, 2.45) is 0 Å². The SMILES string of the molecule is C=CCN1C(=O)C(=Cc2c(N3CCNC(=O)C3CC(=O)OCC)nc3c(C)cccn3c2=O)SC1=S.